The Morgan fingerprint density at radius 1 is 0.923 bits per heavy atom. The van der Waals surface area contributed by atoms with Crippen molar-refractivity contribution in [3.8, 4) is 0 Å². The second kappa shape index (κ2) is 7.04. The number of aromatic nitrogens is 1. The summed E-state index contributed by atoms with van der Waals surface area (Å²) in [5, 5.41) is 2.06. The number of ketones is 2. The maximum absolute atomic E-state index is 11.8. The Bertz CT molecular complexity index is 927. The Morgan fingerprint density at radius 2 is 1.38 bits per heavy atom. The second-order valence-corrected chi connectivity index (χ2v) is 7.30. The maximum Gasteiger partial charge on any atom is 0.159 e. The minimum Gasteiger partial charge on any atom is -0.339 e. The Morgan fingerprint density at radius 3 is 1.77 bits per heavy atom. The third-order valence-electron chi connectivity index (χ3n) is 5.24. The Balaban J connectivity index is 2.21. The van der Waals surface area contributed by atoms with Gasteiger partial charge in [0.1, 0.15) is 0 Å². The molecule has 0 saturated heterocycles. The van der Waals surface area contributed by atoms with Gasteiger partial charge in [0.15, 0.2) is 11.6 Å². The SMILES string of the molecule is CC(=O)c1ccc2c(c1)c1cc(C(C)=O)ccc1n2CCN(C)C(C)C. The number of benzene rings is 2. The minimum absolute atomic E-state index is 0.0510. The normalized spacial score (nSPS) is 11.8. The first-order valence-corrected chi connectivity index (χ1v) is 9.07. The molecule has 0 unspecified atom stereocenters. The average Bonchev–Trinajstić information content (AvgIpc) is 2.91. The van der Waals surface area contributed by atoms with E-state index in [2.05, 4.69) is 30.4 Å². The van der Waals surface area contributed by atoms with Crippen molar-refractivity contribution in [3.05, 3.63) is 47.5 Å². The number of rotatable bonds is 6. The van der Waals surface area contributed by atoms with Gasteiger partial charge in [-0.05, 0) is 71.1 Å². The van der Waals surface area contributed by atoms with Crippen LogP contribution in [0.15, 0.2) is 36.4 Å². The van der Waals surface area contributed by atoms with Crippen molar-refractivity contribution < 1.29 is 9.59 Å². The van der Waals surface area contributed by atoms with E-state index in [0.717, 1.165) is 34.9 Å². The molecule has 0 N–H and O–H groups in total. The van der Waals surface area contributed by atoms with E-state index in [1.54, 1.807) is 13.8 Å². The number of hydrogen-bond acceptors (Lipinski definition) is 3. The quantitative estimate of drug-likeness (QED) is 0.613. The van der Waals surface area contributed by atoms with Crippen molar-refractivity contribution in [2.45, 2.75) is 40.3 Å². The molecule has 0 amide bonds. The number of hydrogen-bond donors (Lipinski definition) is 0. The zero-order valence-corrected chi connectivity index (χ0v) is 16.2. The van der Waals surface area contributed by atoms with Crippen LogP contribution in [-0.2, 0) is 6.54 Å². The van der Waals surface area contributed by atoms with Crippen LogP contribution in [0, 0.1) is 0 Å². The van der Waals surface area contributed by atoms with E-state index < -0.39 is 0 Å². The van der Waals surface area contributed by atoms with E-state index in [0.29, 0.717) is 17.2 Å². The van der Waals surface area contributed by atoms with E-state index in [9.17, 15) is 9.59 Å². The van der Waals surface area contributed by atoms with Crippen molar-refractivity contribution in [2.75, 3.05) is 13.6 Å². The summed E-state index contributed by atoms with van der Waals surface area (Å²) in [6.45, 7) is 9.32. The van der Waals surface area contributed by atoms with Gasteiger partial charge < -0.3 is 9.47 Å². The van der Waals surface area contributed by atoms with Crippen LogP contribution in [-0.4, -0.2) is 40.7 Å². The van der Waals surface area contributed by atoms with E-state index in [-0.39, 0.29) is 11.6 Å². The topological polar surface area (TPSA) is 42.3 Å². The molecule has 0 radical (unpaired) electrons. The molecule has 0 aliphatic heterocycles. The fourth-order valence-electron chi connectivity index (χ4n) is 3.30. The summed E-state index contributed by atoms with van der Waals surface area (Å²) in [5.74, 6) is 0.102. The lowest BCUT2D eigenvalue weighted by molar-refractivity contribution is 0.100. The summed E-state index contributed by atoms with van der Waals surface area (Å²) < 4.78 is 2.29. The van der Waals surface area contributed by atoms with E-state index in [4.69, 9.17) is 0 Å². The lowest BCUT2D eigenvalue weighted by Gasteiger charge is -2.21. The molecule has 0 atom stereocenters. The monoisotopic (exact) mass is 350 g/mol. The van der Waals surface area contributed by atoms with Crippen LogP contribution in [0.5, 0.6) is 0 Å². The molecular weight excluding hydrogens is 324 g/mol. The molecule has 3 rings (SSSR count). The summed E-state index contributed by atoms with van der Waals surface area (Å²) in [6, 6.07) is 12.2. The molecule has 3 aromatic rings. The van der Waals surface area contributed by atoms with Crippen molar-refractivity contribution in [1.29, 1.82) is 0 Å². The molecule has 1 aromatic heterocycles. The maximum atomic E-state index is 11.8. The zero-order valence-electron chi connectivity index (χ0n) is 16.2. The summed E-state index contributed by atoms with van der Waals surface area (Å²) in [4.78, 5) is 26.0. The first-order valence-electron chi connectivity index (χ1n) is 9.07. The molecule has 0 aliphatic carbocycles. The van der Waals surface area contributed by atoms with Crippen LogP contribution in [0.3, 0.4) is 0 Å². The van der Waals surface area contributed by atoms with Gasteiger partial charge >= 0.3 is 0 Å². The highest BCUT2D eigenvalue weighted by molar-refractivity contribution is 6.12. The van der Waals surface area contributed by atoms with Crippen LogP contribution in [0.2, 0.25) is 0 Å². The Labute approximate surface area is 154 Å². The zero-order chi connectivity index (χ0) is 19.0. The Hall–Kier alpha value is -2.46. The summed E-state index contributed by atoms with van der Waals surface area (Å²) in [6.07, 6.45) is 0. The van der Waals surface area contributed by atoms with Gasteiger partial charge in [-0.25, -0.2) is 0 Å². The highest BCUT2D eigenvalue weighted by Crippen LogP contribution is 2.31. The first kappa shape index (κ1) is 18.3. The van der Waals surface area contributed by atoms with Gasteiger partial charge in [0.05, 0.1) is 0 Å². The molecule has 1 heterocycles. The van der Waals surface area contributed by atoms with Crippen molar-refractivity contribution in [3.63, 3.8) is 0 Å². The van der Waals surface area contributed by atoms with Crippen LogP contribution in [0.25, 0.3) is 21.8 Å². The molecule has 0 fully saturated rings. The highest BCUT2D eigenvalue weighted by Gasteiger charge is 2.15. The van der Waals surface area contributed by atoms with E-state index in [1.165, 1.54) is 0 Å². The predicted molar refractivity (Wildman–Crippen MR) is 107 cm³/mol. The molecule has 136 valence electrons. The molecule has 2 aromatic carbocycles. The fraction of sp³-hybridized carbons (Fsp3) is 0.364. The van der Waals surface area contributed by atoms with Crippen molar-refractivity contribution in [2.24, 2.45) is 0 Å². The second-order valence-electron chi connectivity index (χ2n) is 7.30. The van der Waals surface area contributed by atoms with E-state index in [1.807, 2.05) is 36.4 Å². The number of carbonyl (C=O) groups is 2. The number of nitrogens with zero attached hydrogens (tertiary/aromatic N) is 2. The largest absolute Gasteiger partial charge is 0.339 e. The highest BCUT2D eigenvalue weighted by atomic mass is 16.1. The molecule has 26 heavy (non-hydrogen) atoms. The van der Waals surface area contributed by atoms with Gasteiger partial charge in [0.2, 0.25) is 0 Å². The first-order chi connectivity index (χ1) is 12.3. The van der Waals surface area contributed by atoms with Gasteiger partial charge in [0, 0.05) is 52.1 Å². The summed E-state index contributed by atoms with van der Waals surface area (Å²) in [7, 11) is 2.13. The van der Waals surface area contributed by atoms with Gasteiger partial charge in [-0.2, -0.15) is 0 Å². The molecule has 4 nitrogen and oxygen atoms in total. The van der Waals surface area contributed by atoms with Crippen LogP contribution in [0.4, 0.5) is 0 Å². The minimum atomic E-state index is 0.0510. The van der Waals surface area contributed by atoms with Gasteiger partial charge in [-0.1, -0.05) is 0 Å². The van der Waals surface area contributed by atoms with Gasteiger partial charge in [0.25, 0.3) is 0 Å². The number of fused-ring (bicyclic) bond motifs is 3. The number of likely N-dealkylation sites (N-methyl/N-ethyl adjacent to an activating group) is 1. The fourth-order valence-corrected chi connectivity index (χ4v) is 3.30. The molecule has 0 aliphatic rings. The van der Waals surface area contributed by atoms with E-state index >= 15 is 0 Å². The molecule has 0 spiro atoms. The third kappa shape index (κ3) is 3.29. The van der Waals surface area contributed by atoms with Gasteiger partial charge in [-0.3, -0.25) is 9.59 Å². The molecule has 0 saturated carbocycles. The number of Topliss-reactive ketones (excluding diaryl/α,β-unsaturated/α-hetero) is 2. The van der Waals surface area contributed by atoms with Crippen LogP contribution in [0.1, 0.15) is 48.4 Å². The molecule has 4 heteroatoms. The standard InChI is InChI=1S/C22H26N2O2/c1-14(2)23(5)10-11-24-21-8-6-17(15(3)25)12-19(21)20-13-18(16(4)26)7-9-22(20)24/h6-9,12-14H,10-11H2,1-5H3. The van der Waals surface area contributed by atoms with Crippen molar-refractivity contribution >= 4 is 33.4 Å². The predicted octanol–water partition coefficient (Wildman–Crippen LogP) is 4.54. The smallest absolute Gasteiger partial charge is 0.159 e. The Kier molecular flexibility index (Phi) is 4.97. The lowest BCUT2D eigenvalue weighted by atomic mass is 10.0. The van der Waals surface area contributed by atoms with Crippen LogP contribution >= 0.6 is 0 Å². The summed E-state index contributed by atoms with van der Waals surface area (Å²) in [5.41, 5.74) is 3.60. The van der Waals surface area contributed by atoms with Gasteiger partial charge in [-0.15, -0.1) is 0 Å². The number of carbonyl (C=O) groups excluding carboxylic acids is 2. The molecular formula is C22H26N2O2. The average molecular weight is 350 g/mol. The van der Waals surface area contributed by atoms with Crippen LogP contribution < -0.4 is 0 Å². The third-order valence-corrected chi connectivity index (χ3v) is 5.24. The lowest BCUT2D eigenvalue weighted by Crippen LogP contribution is -2.29. The summed E-state index contributed by atoms with van der Waals surface area (Å²) >= 11 is 0. The molecule has 0 bridgehead atoms. The van der Waals surface area contributed by atoms with Crippen molar-refractivity contribution in [1.82, 2.24) is 9.47 Å².